The predicted octanol–water partition coefficient (Wildman–Crippen LogP) is 13.6. The number of nitrogens with zero attached hydrogens (tertiary/aromatic N) is 3. The molecule has 0 amide bonds. The van der Waals surface area contributed by atoms with Crippen LogP contribution in [0.1, 0.15) is 18.1 Å². The van der Waals surface area contributed by atoms with Gasteiger partial charge >= 0.3 is 0 Å². The zero-order valence-electron chi connectivity index (χ0n) is 31.7. The number of rotatable bonds is 7. The molecule has 2 N–H and O–H groups in total. The van der Waals surface area contributed by atoms with Crippen molar-refractivity contribution in [1.29, 1.82) is 0 Å². The number of pyridine rings is 1. The lowest BCUT2D eigenvalue weighted by atomic mass is 9.89. The lowest BCUT2D eigenvalue weighted by Crippen LogP contribution is -1.95. The SMILES string of the molecule is C=CC.Nc1c(/C=C\Cc2cccc(-c3ccc4ccc5cccc6ccc3c4c56)c2)ccc2ccc(-c3ccc(-c4cnc(-c5ccccc5)cn4)cc3)nc12. The van der Waals surface area contributed by atoms with Crippen LogP contribution in [0.3, 0.4) is 0 Å². The Morgan fingerprint density at radius 2 is 1.12 bits per heavy atom. The molecule has 2 heterocycles. The predicted molar refractivity (Wildman–Crippen MR) is 242 cm³/mol. The first kappa shape index (κ1) is 35.3. The summed E-state index contributed by atoms with van der Waals surface area (Å²) in [6.45, 7) is 5.25. The summed E-state index contributed by atoms with van der Waals surface area (Å²) in [6, 6.07) is 55.7. The van der Waals surface area contributed by atoms with Gasteiger partial charge in [0, 0.05) is 22.1 Å². The Kier molecular flexibility index (Phi) is 9.51. The van der Waals surface area contributed by atoms with Crippen molar-refractivity contribution in [3.63, 3.8) is 0 Å². The molecule has 0 spiro atoms. The van der Waals surface area contributed by atoms with Gasteiger partial charge in [0.1, 0.15) is 0 Å². The minimum atomic E-state index is 0.679. The Balaban J connectivity index is 0.00000137. The zero-order valence-corrected chi connectivity index (χ0v) is 31.7. The number of aromatic nitrogens is 3. The molecule has 4 heteroatoms. The maximum absolute atomic E-state index is 6.79. The number of fused-ring (bicyclic) bond motifs is 1. The van der Waals surface area contributed by atoms with Gasteiger partial charge in [-0.15, -0.1) is 6.58 Å². The van der Waals surface area contributed by atoms with Crippen molar-refractivity contribution in [3.8, 4) is 44.9 Å². The molecule has 0 aliphatic heterocycles. The molecule has 0 radical (unpaired) electrons. The molecular weight excluding hydrogens is 693 g/mol. The highest BCUT2D eigenvalue weighted by molar-refractivity contribution is 6.25. The fraction of sp³-hybridized carbons (Fsp3) is 0.0377. The summed E-state index contributed by atoms with van der Waals surface area (Å²) in [4.78, 5) is 14.4. The summed E-state index contributed by atoms with van der Waals surface area (Å²) < 4.78 is 0. The molecular formula is C53H40N4. The van der Waals surface area contributed by atoms with E-state index in [1.807, 2.05) is 49.6 Å². The Morgan fingerprint density at radius 3 is 1.84 bits per heavy atom. The van der Waals surface area contributed by atoms with E-state index in [0.717, 1.165) is 56.7 Å². The van der Waals surface area contributed by atoms with E-state index in [-0.39, 0.29) is 0 Å². The van der Waals surface area contributed by atoms with E-state index in [2.05, 4.69) is 156 Å². The highest BCUT2D eigenvalue weighted by atomic mass is 14.8. The molecule has 0 unspecified atom stereocenters. The molecule has 0 aliphatic rings. The normalized spacial score (nSPS) is 11.4. The second kappa shape index (κ2) is 15.4. The minimum Gasteiger partial charge on any atom is -0.396 e. The van der Waals surface area contributed by atoms with E-state index in [9.17, 15) is 0 Å². The smallest absolute Gasteiger partial charge is 0.0944 e. The standard InChI is InChI=1S/C50H34N4.C3H6/c51-49-39(13-4-7-32-8-5-14-41(29-32)42-26-23-38-20-19-36-11-6-12-37-24-27-43(42)48(38)47(36)37)21-22-40-25-28-44(54-50(40)49)34-15-17-35(18-16-34)46-31-52-45(30-53-46)33-9-2-1-3-10-33;1-3-2/h1-6,8-31H,7,51H2;3H,1H2,2H3/b13-4-;. The number of hydrogen-bond donors (Lipinski definition) is 1. The van der Waals surface area contributed by atoms with Crippen molar-refractivity contribution in [3.05, 3.63) is 200 Å². The van der Waals surface area contributed by atoms with Crippen LogP contribution in [0, 0.1) is 0 Å². The Labute approximate surface area is 332 Å². The summed E-state index contributed by atoms with van der Waals surface area (Å²) in [5, 5.41) is 8.84. The first-order valence-corrected chi connectivity index (χ1v) is 19.2. The zero-order chi connectivity index (χ0) is 38.7. The monoisotopic (exact) mass is 732 g/mol. The fourth-order valence-electron chi connectivity index (χ4n) is 7.75. The second-order valence-electron chi connectivity index (χ2n) is 14.3. The van der Waals surface area contributed by atoms with Crippen LogP contribution >= 0.6 is 0 Å². The molecule has 0 fully saturated rings. The van der Waals surface area contributed by atoms with Crippen LogP contribution in [0.15, 0.2) is 189 Å². The molecule has 8 aromatic carbocycles. The number of benzene rings is 8. The average Bonchev–Trinajstić information content (AvgIpc) is 3.27. The molecule has 4 nitrogen and oxygen atoms in total. The molecule has 10 aromatic rings. The Morgan fingerprint density at radius 1 is 0.544 bits per heavy atom. The maximum atomic E-state index is 6.79. The quantitative estimate of drug-likeness (QED) is 0.101. The van der Waals surface area contributed by atoms with Crippen LogP contribution in [-0.4, -0.2) is 15.0 Å². The Hall–Kier alpha value is -7.43. The third kappa shape index (κ3) is 6.90. The molecule has 2 aromatic heterocycles. The third-order valence-corrected chi connectivity index (χ3v) is 10.6. The molecule has 57 heavy (non-hydrogen) atoms. The first-order valence-electron chi connectivity index (χ1n) is 19.2. The van der Waals surface area contributed by atoms with Crippen molar-refractivity contribution in [1.82, 2.24) is 15.0 Å². The first-order chi connectivity index (χ1) is 28.1. The molecule has 0 bridgehead atoms. The van der Waals surface area contributed by atoms with Gasteiger partial charge in [-0.3, -0.25) is 9.97 Å². The molecule has 0 saturated heterocycles. The average molecular weight is 733 g/mol. The molecule has 0 atom stereocenters. The third-order valence-electron chi connectivity index (χ3n) is 10.6. The van der Waals surface area contributed by atoms with Gasteiger partial charge < -0.3 is 5.73 Å². The van der Waals surface area contributed by atoms with E-state index >= 15 is 0 Å². The topological polar surface area (TPSA) is 64.7 Å². The van der Waals surface area contributed by atoms with Gasteiger partial charge in [-0.2, -0.15) is 0 Å². The van der Waals surface area contributed by atoms with Gasteiger partial charge in [0.15, 0.2) is 0 Å². The highest BCUT2D eigenvalue weighted by Gasteiger charge is 2.13. The van der Waals surface area contributed by atoms with Crippen molar-refractivity contribution < 1.29 is 0 Å². The van der Waals surface area contributed by atoms with Crippen molar-refractivity contribution in [2.45, 2.75) is 13.3 Å². The number of anilines is 1. The van der Waals surface area contributed by atoms with E-state index in [1.165, 1.54) is 49.0 Å². The van der Waals surface area contributed by atoms with Gasteiger partial charge in [0.2, 0.25) is 0 Å². The molecule has 10 rings (SSSR count). The second-order valence-corrected chi connectivity index (χ2v) is 14.3. The van der Waals surface area contributed by atoms with E-state index < -0.39 is 0 Å². The minimum absolute atomic E-state index is 0.679. The van der Waals surface area contributed by atoms with Crippen LogP contribution in [0.4, 0.5) is 5.69 Å². The number of allylic oxidation sites excluding steroid dienone is 2. The van der Waals surface area contributed by atoms with Gasteiger partial charge in [-0.25, -0.2) is 4.98 Å². The van der Waals surface area contributed by atoms with Crippen LogP contribution in [0.2, 0.25) is 0 Å². The lowest BCUT2D eigenvalue weighted by molar-refractivity contribution is 1.21. The summed E-state index contributed by atoms with van der Waals surface area (Å²) in [7, 11) is 0. The molecule has 0 saturated carbocycles. The maximum Gasteiger partial charge on any atom is 0.0944 e. The van der Waals surface area contributed by atoms with Crippen molar-refractivity contribution in [2.75, 3.05) is 5.73 Å². The van der Waals surface area contributed by atoms with Crippen molar-refractivity contribution >= 4 is 55.0 Å². The molecule has 272 valence electrons. The van der Waals surface area contributed by atoms with Gasteiger partial charge in [-0.05, 0) is 74.0 Å². The lowest BCUT2D eigenvalue weighted by Gasteiger charge is -2.14. The van der Waals surface area contributed by atoms with E-state index in [0.29, 0.717) is 5.69 Å². The van der Waals surface area contributed by atoms with Crippen LogP contribution in [-0.2, 0) is 6.42 Å². The largest absolute Gasteiger partial charge is 0.396 e. The summed E-state index contributed by atoms with van der Waals surface area (Å²) in [5.74, 6) is 0. The van der Waals surface area contributed by atoms with Crippen molar-refractivity contribution in [2.24, 2.45) is 0 Å². The Bertz CT molecular complexity index is 3040. The summed E-state index contributed by atoms with van der Waals surface area (Å²) >= 11 is 0. The van der Waals surface area contributed by atoms with E-state index in [4.69, 9.17) is 10.7 Å². The highest BCUT2D eigenvalue weighted by Crippen LogP contribution is 2.39. The summed E-state index contributed by atoms with van der Waals surface area (Å²) in [6.07, 6.45) is 10.5. The number of hydrogen-bond acceptors (Lipinski definition) is 4. The van der Waals surface area contributed by atoms with Crippen LogP contribution < -0.4 is 5.73 Å². The number of nitrogens with two attached hydrogens (primary N) is 1. The van der Waals surface area contributed by atoms with Crippen LogP contribution in [0.25, 0.3) is 94.2 Å². The van der Waals surface area contributed by atoms with Gasteiger partial charge in [0.05, 0.1) is 40.7 Å². The summed E-state index contributed by atoms with van der Waals surface area (Å²) in [5.41, 5.74) is 18.6. The van der Waals surface area contributed by atoms with E-state index in [1.54, 1.807) is 6.08 Å². The fourth-order valence-corrected chi connectivity index (χ4v) is 7.75. The molecule has 0 aliphatic carbocycles. The number of nitrogen functional groups attached to an aromatic ring is 1. The van der Waals surface area contributed by atoms with Gasteiger partial charge in [0.25, 0.3) is 0 Å². The van der Waals surface area contributed by atoms with Crippen LogP contribution in [0.5, 0.6) is 0 Å². The van der Waals surface area contributed by atoms with Gasteiger partial charge in [-0.1, -0.05) is 170 Å².